The Morgan fingerprint density at radius 3 is 2.05 bits per heavy atom. The van der Waals surface area contributed by atoms with Crippen molar-refractivity contribution in [3.8, 4) is 11.5 Å². The predicted molar refractivity (Wildman–Crippen MR) is 141 cm³/mol. The first-order valence-electron chi connectivity index (χ1n) is 12.8. The van der Waals surface area contributed by atoms with Crippen LogP contribution in [0.2, 0.25) is 0 Å². The molecule has 4 rings (SSSR count). The highest BCUT2D eigenvalue weighted by Gasteiger charge is 2.45. The Kier molecular flexibility index (Phi) is 8.87. The first-order chi connectivity index (χ1) is 19.8. The van der Waals surface area contributed by atoms with E-state index in [9.17, 15) is 31.5 Å². The van der Waals surface area contributed by atoms with Gasteiger partial charge in [0, 0.05) is 43.2 Å². The van der Waals surface area contributed by atoms with E-state index in [1.165, 1.54) is 32.4 Å². The average molecular weight is 598 g/mol. The molecule has 42 heavy (non-hydrogen) atoms. The van der Waals surface area contributed by atoms with Gasteiger partial charge in [-0.1, -0.05) is 0 Å². The van der Waals surface area contributed by atoms with Crippen molar-refractivity contribution in [3.05, 3.63) is 47.5 Å². The van der Waals surface area contributed by atoms with Crippen molar-refractivity contribution in [2.24, 2.45) is 0 Å². The number of methoxy groups -OCH3 is 2. The number of fused-ring (bicyclic) bond motifs is 1. The van der Waals surface area contributed by atoms with Gasteiger partial charge in [-0.15, -0.1) is 0 Å². The van der Waals surface area contributed by atoms with E-state index in [1.807, 2.05) is 0 Å². The molecule has 0 atom stereocenters. The lowest BCUT2D eigenvalue weighted by Crippen LogP contribution is -2.47. The summed E-state index contributed by atoms with van der Waals surface area (Å²) >= 11 is 0. The van der Waals surface area contributed by atoms with Crippen molar-refractivity contribution in [1.82, 2.24) is 15.0 Å². The zero-order valence-electron chi connectivity index (χ0n) is 23.1. The first-order valence-corrected chi connectivity index (χ1v) is 12.8. The summed E-state index contributed by atoms with van der Waals surface area (Å²) in [7, 11) is 6.05. The number of carbonyl (C=O) groups is 2. The number of alkyl halides is 3. The molecule has 1 amide bonds. The highest BCUT2D eigenvalue weighted by atomic mass is 19.4. The van der Waals surface area contributed by atoms with Crippen LogP contribution in [-0.2, 0) is 9.63 Å². The lowest BCUT2D eigenvalue weighted by atomic mass is 9.90. The topological polar surface area (TPSA) is 106 Å². The van der Waals surface area contributed by atoms with Gasteiger partial charge in [-0.05, 0) is 43.9 Å². The van der Waals surface area contributed by atoms with Gasteiger partial charge in [0.05, 0.1) is 25.8 Å². The standard InChI is InChI=1S/C27H28F5N5O5/c1-36(2)23-19-12-20(28)21(29)13-22(19)34-26(35-23)33-15-5-7-16(8-6-15)37(42-25(39)27(30,31)32)24(38)14-9-17(40-3)11-18(10-14)41-4/h9-13,15-16H,5-8H2,1-4H3,(H,33,34,35). The van der Waals surface area contributed by atoms with Gasteiger partial charge in [-0.25, -0.2) is 18.6 Å². The fraction of sp³-hybridized carbons (Fsp3) is 0.407. The van der Waals surface area contributed by atoms with Crippen molar-refractivity contribution < 1.29 is 45.9 Å². The number of hydroxylamine groups is 2. The number of amides is 1. The summed E-state index contributed by atoms with van der Waals surface area (Å²) in [6, 6.07) is 4.87. The van der Waals surface area contributed by atoms with Crippen LogP contribution >= 0.6 is 0 Å². The van der Waals surface area contributed by atoms with Crippen LogP contribution in [0.25, 0.3) is 10.9 Å². The molecule has 1 aliphatic rings. The molecule has 0 saturated heterocycles. The highest BCUT2D eigenvalue weighted by Crippen LogP contribution is 2.32. The van der Waals surface area contributed by atoms with Gasteiger partial charge in [-0.2, -0.15) is 23.2 Å². The molecule has 0 bridgehead atoms. The molecule has 0 aliphatic heterocycles. The monoisotopic (exact) mass is 597 g/mol. The molecule has 2 aromatic carbocycles. The van der Waals surface area contributed by atoms with E-state index in [2.05, 4.69) is 20.1 Å². The third-order valence-electron chi connectivity index (χ3n) is 6.71. The van der Waals surface area contributed by atoms with Crippen molar-refractivity contribution in [1.29, 1.82) is 0 Å². The number of rotatable bonds is 7. The number of anilines is 2. The van der Waals surface area contributed by atoms with Crippen LogP contribution in [0.3, 0.4) is 0 Å². The second-order valence-electron chi connectivity index (χ2n) is 9.81. The Labute approximate surface area is 237 Å². The zero-order chi connectivity index (χ0) is 30.8. The fourth-order valence-electron chi connectivity index (χ4n) is 4.63. The first kappa shape index (κ1) is 30.5. The lowest BCUT2D eigenvalue weighted by Gasteiger charge is -2.35. The minimum Gasteiger partial charge on any atom is -0.497 e. The van der Waals surface area contributed by atoms with E-state index in [4.69, 9.17) is 9.47 Å². The summed E-state index contributed by atoms with van der Waals surface area (Å²) in [6.07, 6.45) is -4.36. The maximum absolute atomic E-state index is 13.9. The van der Waals surface area contributed by atoms with Crippen molar-refractivity contribution in [3.63, 3.8) is 0 Å². The molecule has 10 nitrogen and oxygen atoms in total. The summed E-state index contributed by atoms with van der Waals surface area (Å²) in [5, 5.41) is 3.89. The molecule has 226 valence electrons. The maximum Gasteiger partial charge on any atom is 0.493 e. The number of aromatic nitrogens is 2. The van der Waals surface area contributed by atoms with E-state index >= 15 is 0 Å². The second kappa shape index (κ2) is 12.2. The molecule has 1 N–H and O–H groups in total. The van der Waals surface area contributed by atoms with Crippen LogP contribution in [0.5, 0.6) is 11.5 Å². The smallest absolute Gasteiger partial charge is 0.493 e. The number of nitrogens with one attached hydrogen (secondary N) is 1. The molecular formula is C27H28F5N5O5. The molecule has 0 spiro atoms. The minimum atomic E-state index is -5.33. The Bertz CT molecular complexity index is 1460. The van der Waals surface area contributed by atoms with E-state index in [0.29, 0.717) is 29.1 Å². The molecule has 0 unspecified atom stereocenters. The summed E-state index contributed by atoms with van der Waals surface area (Å²) in [6.45, 7) is 0. The van der Waals surface area contributed by atoms with Crippen LogP contribution in [0.1, 0.15) is 36.0 Å². The van der Waals surface area contributed by atoms with Crippen molar-refractivity contribution in [2.75, 3.05) is 38.5 Å². The molecule has 0 radical (unpaired) electrons. The summed E-state index contributed by atoms with van der Waals surface area (Å²) in [5.74, 6) is -4.71. The van der Waals surface area contributed by atoms with E-state index in [1.54, 1.807) is 19.0 Å². The zero-order valence-corrected chi connectivity index (χ0v) is 23.1. The van der Waals surface area contributed by atoms with Gasteiger partial charge in [0.2, 0.25) is 5.95 Å². The maximum atomic E-state index is 13.9. The number of hydrogen-bond acceptors (Lipinski definition) is 9. The van der Waals surface area contributed by atoms with Crippen molar-refractivity contribution >= 4 is 34.5 Å². The Balaban J connectivity index is 1.55. The molecular weight excluding hydrogens is 569 g/mol. The highest BCUT2D eigenvalue weighted by molar-refractivity contribution is 5.95. The number of hydrogen-bond donors (Lipinski definition) is 1. The molecule has 1 saturated carbocycles. The van der Waals surface area contributed by atoms with Crippen molar-refractivity contribution in [2.45, 2.75) is 43.9 Å². The minimum absolute atomic E-state index is 0.106. The van der Waals surface area contributed by atoms with Gasteiger partial charge in [0.15, 0.2) is 11.6 Å². The van der Waals surface area contributed by atoms with Gasteiger partial charge in [0.25, 0.3) is 5.91 Å². The largest absolute Gasteiger partial charge is 0.497 e. The number of benzene rings is 2. The molecule has 15 heteroatoms. The summed E-state index contributed by atoms with van der Waals surface area (Å²) in [4.78, 5) is 40.1. The van der Waals surface area contributed by atoms with E-state index < -0.39 is 35.7 Å². The van der Waals surface area contributed by atoms with Crippen LogP contribution in [0.4, 0.5) is 33.7 Å². The van der Waals surface area contributed by atoms with E-state index in [0.717, 1.165) is 12.1 Å². The molecule has 1 aliphatic carbocycles. The molecule has 1 heterocycles. The van der Waals surface area contributed by atoms with Crippen LogP contribution in [0.15, 0.2) is 30.3 Å². The molecule has 1 aromatic heterocycles. The number of carbonyl (C=O) groups excluding carboxylic acids is 2. The second-order valence-corrected chi connectivity index (χ2v) is 9.81. The molecule has 3 aromatic rings. The van der Waals surface area contributed by atoms with Crippen LogP contribution in [-0.4, -0.2) is 73.5 Å². The molecule has 1 fully saturated rings. The lowest BCUT2D eigenvalue weighted by molar-refractivity contribution is -0.235. The predicted octanol–water partition coefficient (Wildman–Crippen LogP) is 4.88. The SMILES string of the molecule is COc1cc(OC)cc(C(=O)N(OC(=O)C(F)(F)F)C2CCC(Nc3nc(N(C)C)c4cc(F)c(F)cc4n3)CC2)c1. The van der Waals surface area contributed by atoms with Crippen LogP contribution < -0.4 is 19.7 Å². The fourth-order valence-corrected chi connectivity index (χ4v) is 4.63. The quantitative estimate of drug-likeness (QED) is 0.302. The number of nitrogens with zero attached hydrogens (tertiary/aromatic N) is 4. The van der Waals surface area contributed by atoms with Gasteiger partial charge in [-0.3, -0.25) is 4.79 Å². The third-order valence-corrected chi connectivity index (χ3v) is 6.71. The summed E-state index contributed by atoms with van der Waals surface area (Å²) in [5.41, 5.74) is 0.0687. The third kappa shape index (κ3) is 6.71. The average Bonchev–Trinajstić information content (AvgIpc) is 2.95. The Hall–Kier alpha value is -4.43. The summed E-state index contributed by atoms with van der Waals surface area (Å²) < 4.78 is 77.4. The van der Waals surface area contributed by atoms with Crippen LogP contribution in [0, 0.1) is 11.6 Å². The van der Waals surface area contributed by atoms with Gasteiger partial charge in [0.1, 0.15) is 17.3 Å². The number of ether oxygens (including phenoxy) is 2. The normalized spacial score (nSPS) is 17.0. The van der Waals surface area contributed by atoms with Gasteiger partial charge >= 0.3 is 12.1 Å². The Morgan fingerprint density at radius 1 is 0.905 bits per heavy atom. The number of halogens is 5. The van der Waals surface area contributed by atoms with E-state index in [-0.39, 0.29) is 47.4 Å². The van der Waals surface area contributed by atoms with Gasteiger partial charge < -0.3 is 24.5 Å². The Morgan fingerprint density at radius 2 is 1.50 bits per heavy atom.